The van der Waals surface area contributed by atoms with Crippen LogP contribution in [0.4, 0.5) is 13.2 Å². The Hall–Kier alpha value is -1.03. The first-order chi connectivity index (χ1) is 8.52. The Labute approximate surface area is 105 Å². The van der Waals surface area contributed by atoms with E-state index in [-0.39, 0.29) is 5.92 Å². The van der Waals surface area contributed by atoms with E-state index in [1.165, 1.54) is 12.1 Å². The largest absolute Gasteiger partial charge is 0.416 e. The van der Waals surface area contributed by atoms with E-state index in [2.05, 4.69) is 5.32 Å². The fourth-order valence-corrected chi connectivity index (χ4v) is 2.85. The van der Waals surface area contributed by atoms with Gasteiger partial charge in [0, 0.05) is 6.04 Å². The highest BCUT2D eigenvalue weighted by Crippen LogP contribution is 2.41. The van der Waals surface area contributed by atoms with Crippen molar-refractivity contribution in [1.29, 1.82) is 0 Å². The standard InChI is InChI=1S/C14H18F3N/c1-2-18-11-8-7-10(9-11)12-5-3-4-6-13(12)14(15,16)17/h3-6,10-11,18H,2,7-9H2,1H3. The second kappa shape index (κ2) is 5.31. The van der Waals surface area contributed by atoms with Crippen molar-refractivity contribution >= 4 is 0 Å². The highest BCUT2D eigenvalue weighted by molar-refractivity contribution is 5.33. The predicted molar refractivity (Wildman–Crippen MR) is 65.5 cm³/mol. The molecule has 1 N–H and O–H groups in total. The Morgan fingerprint density at radius 1 is 1.22 bits per heavy atom. The molecule has 1 nitrogen and oxygen atoms in total. The van der Waals surface area contributed by atoms with Crippen LogP contribution >= 0.6 is 0 Å². The number of halogens is 3. The number of rotatable bonds is 3. The van der Waals surface area contributed by atoms with Crippen LogP contribution in [-0.4, -0.2) is 12.6 Å². The summed E-state index contributed by atoms with van der Waals surface area (Å²) in [7, 11) is 0. The maximum absolute atomic E-state index is 12.9. The van der Waals surface area contributed by atoms with Crippen LogP contribution in [-0.2, 0) is 6.18 Å². The van der Waals surface area contributed by atoms with Gasteiger partial charge in [0.05, 0.1) is 5.56 Å². The molecule has 1 aliphatic carbocycles. The highest BCUT2D eigenvalue weighted by atomic mass is 19.4. The van der Waals surface area contributed by atoms with Crippen molar-refractivity contribution < 1.29 is 13.2 Å². The van der Waals surface area contributed by atoms with Gasteiger partial charge in [-0.15, -0.1) is 0 Å². The molecule has 0 heterocycles. The number of alkyl halides is 3. The Morgan fingerprint density at radius 3 is 2.61 bits per heavy atom. The molecule has 2 unspecified atom stereocenters. The van der Waals surface area contributed by atoms with Gasteiger partial charge in [-0.3, -0.25) is 0 Å². The Kier molecular flexibility index (Phi) is 3.95. The molecule has 1 aromatic carbocycles. The van der Waals surface area contributed by atoms with Gasteiger partial charge in [0.1, 0.15) is 0 Å². The van der Waals surface area contributed by atoms with Crippen LogP contribution in [0.15, 0.2) is 24.3 Å². The zero-order valence-corrected chi connectivity index (χ0v) is 10.4. The van der Waals surface area contributed by atoms with Crippen molar-refractivity contribution in [1.82, 2.24) is 5.32 Å². The molecule has 0 aromatic heterocycles. The fraction of sp³-hybridized carbons (Fsp3) is 0.571. The summed E-state index contributed by atoms with van der Waals surface area (Å²) in [4.78, 5) is 0. The predicted octanol–water partition coefficient (Wildman–Crippen LogP) is 3.95. The molecule has 1 saturated carbocycles. The summed E-state index contributed by atoms with van der Waals surface area (Å²) >= 11 is 0. The van der Waals surface area contributed by atoms with Crippen molar-refractivity contribution in [2.24, 2.45) is 0 Å². The first-order valence-electron chi connectivity index (χ1n) is 6.42. The molecule has 0 spiro atoms. The molecule has 0 radical (unpaired) electrons. The molecule has 1 aliphatic rings. The number of benzene rings is 1. The number of hydrogen-bond donors (Lipinski definition) is 1. The minimum absolute atomic E-state index is 0.0341. The third-order valence-corrected chi connectivity index (χ3v) is 3.63. The molecular formula is C14H18F3N. The molecule has 1 aromatic rings. The summed E-state index contributed by atoms with van der Waals surface area (Å²) < 4.78 is 38.8. The molecule has 4 heteroatoms. The van der Waals surface area contributed by atoms with Crippen LogP contribution in [0, 0.1) is 0 Å². The Bertz CT molecular complexity index is 400. The van der Waals surface area contributed by atoms with E-state index in [1.54, 1.807) is 12.1 Å². The summed E-state index contributed by atoms with van der Waals surface area (Å²) in [5.74, 6) is 0.0341. The van der Waals surface area contributed by atoms with E-state index >= 15 is 0 Å². The van der Waals surface area contributed by atoms with Gasteiger partial charge < -0.3 is 5.32 Å². The van der Waals surface area contributed by atoms with Crippen molar-refractivity contribution in [2.75, 3.05) is 6.54 Å². The summed E-state index contributed by atoms with van der Waals surface area (Å²) in [6.45, 7) is 2.90. The molecule has 18 heavy (non-hydrogen) atoms. The molecule has 0 aliphatic heterocycles. The SMILES string of the molecule is CCNC1CCC(c2ccccc2C(F)(F)F)C1. The number of hydrogen-bond acceptors (Lipinski definition) is 1. The van der Waals surface area contributed by atoms with Crippen molar-refractivity contribution in [3.05, 3.63) is 35.4 Å². The maximum Gasteiger partial charge on any atom is 0.416 e. The molecule has 0 saturated heterocycles. The second-order valence-corrected chi connectivity index (χ2v) is 4.85. The lowest BCUT2D eigenvalue weighted by atomic mass is 9.92. The van der Waals surface area contributed by atoms with Crippen LogP contribution in [0.25, 0.3) is 0 Å². The monoisotopic (exact) mass is 257 g/mol. The van der Waals surface area contributed by atoms with Gasteiger partial charge in [0.25, 0.3) is 0 Å². The summed E-state index contributed by atoms with van der Waals surface area (Å²) in [5, 5.41) is 3.32. The van der Waals surface area contributed by atoms with Crippen molar-refractivity contribution in [3.63, 3.8) is 0 Å². The smallest absolute Gasteiger partial charge is 0.314 e. The third kappa shape index (κ3) is 2.86. The van der Waals surface area contributed by atoms with E-state index in [4.69, 9.17) is 0 Å². The van der Waals surface area contributed by atoms with Crippen molar-refractivity contribution in [2.45, 2.75) is 44.3 Å². The zero-order chi connectivity index (χ0) is 13.2. The van der Waals surface area contributed by atoms with E-state index in [1.807, 2.05) is 6.92 Å². The van der Waals surface area contributed by atoms with Crippen LogP contribution in [0.5, 0.6) is 0 Å². The topological polar surface area (TPSA) is 12.0 Å². The summed E-state index contributed by atoms with van der Waals surface area (Å²) in [6, 6.07) is 6.34. The van der Waals surface area contributed by atoms with E-state index in [0.717, 1.165) is 25.8 Å². The van der Waals surface area contributed by atoms with Crippen LogP contribution in [0.1, 0.15) is 43.2 Å². The first-order valence-corrected chi connectivity index (χ1v) is 6.42. The lowest BCUT2D eigenvalue weighted by molar-refractivity contribution is -0.138. The highest BCUT2D eigenvalue weighted by Gasteiger charge is 2.36. The van der Waals surface area contributed by atoms with E-state index in [9.17, 15) is 13.2 Å². The summed E-state index contributed by atoms with van der Waals surface area (Å²) in [5.41, 5.74) is -0.00227. The molecule has 1 fully saturated rings. The Balaban J connectivity index is 2.19. The van der Waals surface area contributed by atoms with Gasteiger partial charge >= 0.3 is 6.18 Å². The molecule has 100 valence electrons. The minimum Gasteiger partial charge on any atom is -0.314 e. The van der Waals surface area contributed by atoms with Crippen LogP contribution in [0.2, 0.25) is 0 Å². The average Bonchev–Trinajstić information content (AvgIpc) is 2.77. The molecule has 0 bridgehead atoms. The maximum atomic E-state index is 12.9. The van der Waals surface area contributed by atoms with Crippen LogP contribution in [0.3, 0.4) is 0 Å². The molecule has 0 amide bonds. The molecular weight excluding hydrogens is 239 g/mol. The van der Waals surface area contributed by atoms with Gasteiger partial charge in [0.2, 0.25) is 0 Å². The van der Waals surface area contributed by atoms with Gasteiger partial charge in [-0.25, -0.2) is 0 Å². The fourth-order valence-electron chi connectivity index (χ4n) is 2.85. The quantitative estimate of drug-likeness (QED) is 0.864. The Morgan fingerprint density at radius 2 is 1.94 bits per heavy atom. The van der Waals surface area contributed by atoms with E-state index < -0.39 is 11.7 Å². The lowest BCUT2D eigenvalue weighted by Gasteiger charge is -2.18. The minimum atomic E-state index is -4.24. The van der Waals surface area contributed by atoms with E-state index in [0.29, 0.717) is 11.6 Å². The second-order valence-electron chi connectivity index (χ2n) is 4.85. The van der Waals surface area contributed by atoms with Gasteiger partial charge in [0.15, 0.2) is 0 Å². The lowest BCUT2D eigenvalue weighted by Crippen LogP contribution is -2.25. The summed E-state index contributed by atoms with van der Waals surface area (Å²) in [6.07, 6.45) is -1.64. The number of nitrogens with one attached hydrogen (secondary N) is 1. The van der Waals surface area contributed by atoms with Crippen molar-refractivity contribution in [3.8, 4) is 0 Å². The van der Waals surface area contributed by atoms with Gasteiger partial charge in [-0.05, 0) is 43.4 Å². The van der Waals surface area contributed by atoms with Gasteiger partial charge in [-0.1, -0.05) is 25.1 Å². The molecule has 2 atom stereocenters. The van der Waals surface area contributed by atoms with Gasteiger partial charge in [-0.2, -0.15) is 13.2 Å². The van der Waals surface area contributed by atoms with Crippen LogP contribution < -0.4 is 5.32 Å². The molecule has 2 rings (SSSR count). The first kappa shape index (κ1) is 13.4. The zero-order valence-electron chi connectivity index (χ0n) is 10.4. The normalized spacial score (nSPS) is 24.4. The third-order valence-electron chi connectivity index (χ3n) is 3.63. The average molecular weight is 257 g/mol.